The van der Waals surface area contributed by atoms with Crippen LogP contribution in [0.1, 0.15) is 31.0 Å². The van der Waals surface area contributed by atoms with Gasteiger partial charge in [0.15, 0.2) is 8.46 Å². The number of rotatable bonds is 6. The third-order valence-corrected chi connectivity index (χ3v) is 5.30. The lowest BCUT2D eigenvalue weighted by Gasteiger charge is -2.20. The van der Waals surface area contributed by atoms with Gasteiger partial charge in [0.2, 0.25) is 16.0 Å². The molecule has 1 aromatic heterocycles. The molecule has 0 atom stereocenters. The van der Waals surface area contributed by atoms with Crippen LogP contribution >= 0.6 is 8.46 Å². The minimum Gasteiger partial charge on any atom is -0.275 e. The van der Waals surface area contributed by atoms with Gasteiger partial charge in [-0.2, -0.15) is 0 Å². The summed E-state index contributed by atoms with van der Waals surface area (Å²) in [4.78, 5) is 8.75. The van der Waals surface area contributed by atoms with E-state index >= 15 is 0 Å². The topological polar surface area (TPSA) is 80.2 Å². The lowest BCUT2D eigenvalue weighted by atomic mass is 9.99. The largest absolute Gasteiger partial charge is 0.275 e. The fourth-order valence-electron chi connectivity index (χ4n) is 2.32. The highest BCUT2D eigenvalue weighted by Crippen LogP contribution is 2.32. The average molecular weight is 383 g/mol. The van der Waals surface area contributed by atoms with Gasteiger partial charge in [0.1, 0.15) is 5.82 Å². The number of aromatic nitrogens is 2. The quantitative estimate of drug-likeness (QED) is 0.712. The third kappa shape index (κ3) is 4.38. The highest BCUT2D eigenvalue weighted by Gasteiger charge is 2.22. The number of sulfonamides is 1. The molecule has 0 unspecified atom stereocenters. The molecule has 0 aliphatic carbocycles. The second-order valence-electron chi connectivity index (χ2n) is 5.92. The lowest BCUT2D eigenvalue weighted by Crippen LogP contribution is -2.27. The van der Waals surface area contributed by atoms with E-state index in [2.05, 4.69) is 9.97 Å². The summed E-state index contributed by atoms with van der Waals surface area (Å²) in [6, 6.07) is 5.70. The van der Waals surface area contributed by atoms with Crippen LogP contribution in [0.2, 0.25) is 0 Å². The first kappa shape index (κ1) is 19.4. The number of halogens is 1. The van der Waals surface area contributed by atoms with Crippen LogP contribution in [0.15, 0.2) is 24.3 Å². The molecule has 0 saturated carbocycles. The zero-order valence-electron chi connectivity index (χ0n) is 14.4. The molecule has 0 bridgehead atoms. The van der Waals surface area contributed by atoms with Crippen molar-refractivity contribution in [3.63, 3.8) is 0 Å². The predicted octanol–water partition coefficient (Wildman–Crippen LogP) is 3.59. The van der Waals surface area contributed by atoms with Crippen molar-refractivity contribution in [3.05, 3.63) is 41.3 Å². The summed E-state index contributed by atoms with van der Waals surface area (Å²) in [7, 11) is -2.28. The SMILES string of the molecule is CC(C)c1nc(N(C)S(C)(=O)=O)nc(-c2ccc(F)cc2)c1CP=O. The number of anilines is 1. The van der Waals surface area contributed by atoms with Crippen LogP contribution in [0.4, 0.5) is 10.3 Å². The van der Waals surface area contributed by atoms with E-state index in [4.69, 9.17) is 0 Å². The molecule has 2 aromatic rings. The van der Waals surface area contributed by atoms with E-state index in [-0.39, 0.29) is 32.3 Å². The number of nitrogens with zero attached hydrogens (tertiary/aromatic N) is 3. The molecule has 0 N–H and O–H groups in total. The van der Waals surface area contributed by atoms with Gasteiger partial charge in [-0.05, 0) is 30.2 Å². The van der Waals surface area contributed by atoms with Crippen molar-refractivity contribution in [1.82, 2.24) is 9.97 Å². The molecule has 6 nitrogen and oxygen atoms in total. The van der Waals surface area contributed by atoms with Crippen molar-refractivity contribution >= 4 is 24.4 Å². The molecule has 9 heteroatoms. The van der Waals surface area contributed by atoms with Crippen molar-refractivity contribution in [2.24, 2.45) is 0 Å². The summed E-state index contributed by atoms with van der Waals surface area (Å²) in [5, 5.41) is 0. The maximum atomic E-state index is 13.3. The average Bonchev–Trinajstić information content (AvgIpc) is 2.54. The molecule has 134 valence electrons. The summed E-state index contributed by atoms with van der Waals surface area (Å²) < 4.78 is 49.2. The van der Waals surface area contributed by atoms with Crippen molar-refractivity contribution in [1.29, 1.82) is 0 Å². The fourth-order valence-corrected chi connectivity index (χ4v) is 3.14. The van der Waals surface area contributed by atoms with Crippen molar-refractivity contribution < 1.29 is 17.4 Å². The highest BCUT2D eigenvalue weighted by atomic mass is 32.2. The van der Waals surface area contributed by atoms with Crippen LogP contribution < -0.4 is 4.31 Å². The van der Waals surface area contributed by atoms with Crippen molar-refractivity contribution in [2.75, 3.05) is 17.6 Å². The minimum absolute atomic E-state index is 0.0249. The maximum absolute atomic E-state index is 13.3. The Balaban J connectivity index is 2.79. The van der Waals surface area contributed by atoms with Crippen LogP contribution in [0.5, 0.6) is 0 Å². The molecule has 25 heavy (non-hydrogen) atoms. The Hall–Kier alpha value is -1.92. The molecule has 0 fully saturated rings. The maximum Gasteiger partial charge on any atom is 0.239 e. The van der Waals surface area contributed by atoms with E-state index in [0.717, 1.165) is 10.6 Å². The van der Waals surface area contributed by atoms with E-state index in [1.807, 2.05) is 13.8 Å². The molecule has 0 radical (unpaired) electrons. The molecule has 0 spiro atoms. The van der Waals surface area contributed by atoms with Gasteiger partial charge in [0.05, 0.1) is 23.8 Å². The Bertz CT molecular complexity index is 886. The molecular formula is C16H19FN3O3PS. The normalized spacial score (nSPS) is 11.9. The van der Waals surface area contributed by atoms with Gasteiger partial charge in [-0.3, -0.25) is 4.57 Å². The number of hydrogen-bond acceptors (Lipinski definition) is 5. The summed E-state index contributed by atoms with van der Waals surface area (Å²) in [5.41, 5.74) is 2.33. The Morgan fingerprint density at radius 3 is 2.28 bits per heavy atom. The van der Waals surface area contributed by atoms with Crippen molar-refractivity contribution in [3.8, 4) is 11.3 Å². The van der Waals surface area contributed by atoms with E-state index < -0.39 is 10.0 Å². The van der Waals surface area contributed by atoms with Crippen LogP contribution in [-0.4, -0.2) is 31.7 Å². The van der Waals surface area contributed by atoms with Crippen LogP contribution in [0.3, 0.4) is 0 Å². The fraction of sp³-hybridized carbons (Fsp3) is 0.375. The van der Waals surface area contributed by atoms with Gasteiger partial charge in [-0.1, -0.05) is 13.8 Å². The Morgan fingerprint density at radius 2 is 1.80 bits per heavy atom. The Labute approximate surface area is 148 Å². The van der Waals surface area contributed by atoms with Gasteiger partial charge >= 0.3 is 0 Å². The summed E-state index contributed by atoms with van der Waals surface area (Å²) in [5.74, 6) is -0.402. The summed E-state index contributed by atoms with van der Waals surface area (Å²) in [6.45, 7) is 3.82. The van der Waals surface area contributed by atoms with Gasteiger partial charge in [-0.15, -0.1) is 0 Å². The molecule has 0 saturated heterocycles. The van der Waals surface area contributed by atoms with E-state index in [1.165, 1.54) is 19.2 Å². The molecule has 2 rings (SSSR count). The smallest absolute Gasteiger partial charge is 0.239 e. The molecular weight excluding hydrogens is 364 g/mol. The lowest BCUT2D eigenvalue weighted by molar-refractivity contribution is 0.596. The minimum atomic E-state index is -3.54. The third-order valence-electron chi connectivity index (χ3n) is 3.69. The molecule has 0 amide bonds. The van der Waals surface area contributed by atoms with Crippen LogP contribution in [0.25, 0.3) is 11.3 Å². The predicted molar refractivity (Wildman–Crippen MR) is 96.1 cm³/mol. The summed E-state index contributed by atoms with van der Waals surface area (Å²) >= 11 is 0. The zero-order valence-corrected chi connectivity index (χ0v) is 16.1. The molecule has 0 aliphatic heterocycles. The Kier molecular flexibility index (Phi) is 5.85. The number of benzene rings is 1. The van der Waals surface area contributed by atoms with Gasteiger partial charge in [-0.25, -0.2) is 27.1 Å². The summed E-state index contributed by atoms with van der Waals surface area (Å²) in [6.07, 6.45) is 1.25. The van der Waals surface area contributed by atoms with Crippen molar-refractivity contribution in [2.45, 2.75) is 25.9 Å². The van der Waals surface area contributed by atoms with Gasteiger partial charge in [0.25, 0.3) is 0 Å². The van der Waals surface area contributed by atoms with Gasteiger partial charge < -0.3 is 0 Å². The first-order chi connectivity index (χ1) is 11.6. The van der Waals surface area contributed by atoms with Crippen LogP contribution in [0, 0.1) is 5.82 Å². The Morgan fingerprint density at radius 1 is 1.20 bits per heavy atom. The first-order valence-electron chi connectivity index (χ1n) is 7.55. The zero-order chi connectivity index (χ0) is 18.8. The van der Waals surface area contributed by atoms with Gasteiger partial charge in [0, 0.05) is 18.2 Å². The van der Waals surface area contributed by atoms with Crippen LogP contribution in [-0.2, 0) is 20.8 Å². The van der Waals surface area contributed by atoms with E-state index in [9.17, 15) is 17.4 Å². The second kappa shape index (κ2) is 7.54. The van der Waals surface area contributed by atoms with E-state index in [1.54, 1.807) is 12.1 Å². The molecule has 1 heterocycles. The molecule has 0 aliphatic rings. The standard InChI is InChI=1S/C16H19FN3O3PS/c1-10(2)14-13(9-24-21)15(11-5-7-12(17)8-6-11)19-16(18-14)20(3)25(4,22)23/h5-8,10H,9H2,1-4H3. The van der Waals surface area contributed by atoms with E-state index in [0.29, 0.717) is 22.5 Å². The monoisotopic (exact) mass is 383 g/mol. The highest BCUT2D eigenvalue weighted by molar-refractivity contribution is 7.92. The molecule has 1 aromatic carbocycles. The second-order valence-corrected chi connectivity index (χ2v) is 8.50. The number of hydrogen-bond donors (Lipinski definition) is 0. The first-order valence-corrected chi connectivity index (χ1v) is 10.4.